The topological polar surface area (TPSA) is 105 Å². The highest BCUT2D eigenvalue weighted by atomic mass is 16.5. The third kappa shape index (κ3) is 4.59. The summed E-state index contributed by atoms with van der Waals surface area (Å²) in [6.07, 6.45) is -1.18. The number of urea groups is 1. The molecule has 26 heavy (non-hydrogen) atoms. The van der Waals surface area contributed by atoms with Crippen molar-refractivity contribution in [2.45, 2.75) is 45.8 Å². The molecule has 0 unspecified atom stereocenters. The lowest BCUT2D eigenvalue weighted by atomic mass is 10.1. The van der Waals surface area contributed by atoms with Crippen molar-refractivity contribution >= 4 is 29.5 Å². The molecule has 0 saturated carbocycles. The van der Waals surface area contributed by atoms with Gasteiger partial charge in [-0.15, -0.1) is 0 Å². The average Bonchev–Trinajstić information content (AvgIpc) is 2.75. The molecule has 0 aromatic heterocycles. The van der Waals surface area contributed by atoms with Crippen LogP contribution in [0.3, 0.4) is 0 Å². The smallest absolute Gasteiger partial charge is 0.325 e. The highest BCUT2D eigenvalue weighted by Gasteiger charge is 2.44. The lowest BCUT2D eigenvalue weighted by Crippen LogP contribution is -2.40. The fraction of sp³-hybridized carbons (Fsp3) is 0.444. The Balaban J connectivity index is 1.81. The van der Waals surface area contributed by atoms with Crippen LogP contribution in [0.5, 0.6) is 0 Å². The van der Waals surface area contributed by atoms with Crippen LogP contribution in [-0.2, 0) is 19.1 Å². The minimum atomic E-state index is -0.997. The maximum Gasteiger partial charge on any atom is 0.325 e. The molecule has 1 fully saturated rings. The van der Waals surface area contributed by atoms with E-state index in [9.17, 15) is 19.2 Å². The van der Waals surface area contributed by atoms with E-state index in [1.54, 1.807) is 26.0 Å². The van der Waals surface area contributed by atoms with Crippen LogP contribution in [0.2, 0.25) is 0 Å². The standard InChI is InChI=1S/C18H23N3O5/c1-11-5-7-13(8-6-11)19-15(23)12(2)26-14(22)9-10-21-16(24)18(3,4)20-17(21)25/h5-8,12H,9-10H2,1-4H3,(H,19,23)(H,20,25)/t12-/m0/s1. The molecule has 0 aliphatic carbocycles. The average molecular weight is 361 g/mol. The van der Waals surface area contributed by atoms with Crippen LogP contribution in [-0.4, -0.2) is 46.9 Å². The lowest BCUT2D eigenvalue weighted by Gasteiger charge is -2.17. The normalized spacial score (nSPS) is 16.8. The number of anilines is 1. The van der Waals surface area contributed by atoms with Gasteiger partial charge >= 0.3 is 12.0 Å². The molecular weight excluding hydrogens is 338 g/mol. The molecule has 1 heterocycles. The molecule has 0 radical (unpaired) electrons. The van der Waals surface area contributed by atoms with E-state index in [0.29, 0.717) is 5.69 Å². The van der Waals surface area contributed by atoms with Crippen molar-refractivity contribution in [3.8, 4) is 0 Å². The van der Waals surface area contributed by atoms with Crippen LogP contribution in [0.1, 0.15) is 32.8 Å². The second kappa shape index (κ2) is 7.55. The van der Waals surface area contributed by atoms with Crippen molar-refractivity contribution in [1.29, 1.82) is 0 Å². The molecular formula is C18H23N3O5. The molecule has 0 bridgehead atoms. The zero-order chi connectivity index (χ0) is 19.5. The number of nitrogens with zero attached hydrogens (tertiary/aromatic N) is 1. The SMILES string of the molecule is Cc1ccc(NC(=O)[C@H](C)OC(=O)CCN2C(=O)NC(C)(C)C2=O)cc1. The van der Waals surface area contributed by atoms with Gasteiger partial charge in [-0.2, -0.15) is 0 Å². The summed E-state index contributed by atoms with van der Waals surface area (Å²) >= 11 is 0. The van der Waals surface area contributed by atoms with Crippen molar-refractivity contribution in [1.82, 2.24) is 10.2 Å². The largest absolute Gasteiger partial charge is 0.452 e. The third-order valence-electron chi connectivity index (χ3n) is 3.98. The van der Waals surface area contributed by atoms with Gasteiger partial charge in [0.05, 0.1) is 6.42 Å². The number of benzene rings is 1. The fourth-order valence-electron chi connectivity index (χ4n) is 2.41. The van der Waals surface area contributed by atoms with Gasteiger partial charge in [0.2, 0.25) is 0 Å². The molecule has 0 spiro atoms. The molecule has 1 saturated heterocycles. The Morgan fingerprint density at radius 1 is 1.23 bits per heavy atom. The van der Waals surface area contributed by atoms with Gasteiger partial charge in [-0.3, -0.25) is 19.3 Å². The Labute approximate surface area is 151 Å². The number of ether oxygens (including phenoxy) is 1. The van der Waals surface area contributed by atoms with Gasteiger partial charge in [0.15, 0.2) is 6.10 Å². The van der Waals surface area contributed by atoms with Gasteiger partial charge in [-0.05, 0) is 39.8 Å². The van der Waals surface area contributed by atoms with Crippen molar-refractivity contribution in [3.05, 3.63) is 29.8 Å². The predicted molar refractivity (Wildman–Crippen MR) is 94.3 cm³/mol. The van der Waals surface area contributed by atoms with E-state index in [0.717, 1.165) is 10.5 Å². The predicted octanol–water partition coefficient (Wildman–Crippen LogP) is 1.59. The Morgan fingerprint density at radius 3 is 2.38 bits per heavy atom. The zero-order valence-electron chi connectivity index (χ0n) is 15.3. The maximum absolute atomic E-state index is 12.1. The summed E-state index contributed by atoms with van der Waals surface area (Å²) in [4.78, 5) is 48.7. The van der Waals surface area contributed by atoms with Crippen LogP contribution < -0.4 is 10.6 Å². The van der Waals surface area contributed by atoms with Crippen LogP contribution in [0, 0.1) is 6.92 Å². The molecule has 1 aliphatic heterocycles. The van der Waals surface area contributed by atoms with E-state index in [1.807, 2.05) is 19.1 Å². The van der Waals surface area contributed by atoms with Gasteiger partial charge in [0.25, 0.3) is 11.8 Å². The van der Waals surface area contributed by atoms with E-state index in [1.165, 1.54) is 6.92 Å². The summed E-state index contributed by atoms with van der Waals surface area (Å²) in [5.41, 5.74) is 0.679. The number of carbonyl (C=O) groups is 4. The van der Waals surface area contributed by atoms with E-state index < -0.39 is 35.5 Å². The van der Waals surface area contributed by atoms with Crippen LogP contribution in [0.4, 0.5) is 10.5 Å². The summed E-state index contributed by atoms with van der Waals surface area (Å²) in [5.74, 6) is -1.53. The molecule has 4 amide bonds. The number of carbonyl (C=O) groups excluding carboxylic acids is 4. The number of esters is 1. The molecule has 8 nitrogen and oxygen atoms in total. The quantitative estimate of drug-likeness (QED) is 0.591. The van der Waals surface area contributed by atoms with E-state index in [-0.39, 0.29) is 13.0 Å². The first kappa shape index (κ1) is 19.4. The summed E-state index contributed by atoms with van der Waals surface area (Å²) in [7, 11) is 0. The van der Waals surface area contributed by atoms with Gasteiger partial charge in [-0.1, -0.05) is 17.7 Å². The maximum atomic E-state index is 12.1. The molecule has 1 aliphatic rings. The number of rotatable bonds is 6. The van der Waals surface area contributed by atoms with E-state index in [2.05, 4.69) is 10.6 Å². The number of aryl methyl sites for hydroxylation is 1. The Bertz CT molecular complexity index is 727. The summed E-state index contributed by atoms with van der Waals surface area (Å²) < 4.78 is 5.07. The number of imide groups is 1. The Morgan fingerprint density at radius 2 is 1.85 bits per heavy atom. The van der Waals surface area contributed by atoms with Gasteiger partial charge in [0.1, 0.15) is 5.54 Å². The molecule has 1 aromatic carbocycles. The highest BCUT2D eigenvalue weighted by molar-refractivity contribution is 6.06. The van der Waals surface area contributed by atoms with Crippen molar-refractivity contribution in [2.24, 2.45) is 0 Å². The number of hydrogen-bond acceptors (Lipinski definition) is 5. The molecule has 8 heteroatoms. The summed E-state index contributed by atoms with van der Waals surface area (Å²) in [6, 6.07) is 6.66. The van der Waals surface area contributed by atoms with E-state index in [4.69, 9.17) is 4.74 Å². The van der Waals surface area contributed by atoms with Crippen LogP contribution >= 0.6 is 0 Å². The Kier molecular flexibility index (Phi) is 5.64. The van der Waals surface area contributed by atoms with Gasteiger partial charge in [-0.25, -0.2) is 4.79 Å². The second-order valence-electron chi connectivity index (χ2n) is 6.75. The van der Waals surface area contributed by atoms with Gasteiger partial charge in [0, 0.05) is 12.2 Å². The number of nitrogens with one attached hydrogen (secondary N) is 2. The molecule has 1 aromatic rings. The third-order valence-corrected chi connectivity index (χ3v) is 3.98. The lowest BCUT2D eigenvalue weighted by molar-refractivity contribution is -0.153. The minimum Gasteiger partial charge on any atom is -0.452 e. The molecule has 2 rings (SSSR count). The first-order chi connectivity index (χ1) is 12.1. The highest BCUT2D eigenvalue weighted by Crippen LogP contribution is 2.17. The summed E-state index contributed by atoms with van der Waals surface area (Å²) in [6.45, 7) is 6.46. The monoisotopic (exact) mass is 361 g/mol. The van der Waals surface area contributed by atoms with Crippen molar-refractivity contribution in [2.75, 3.05) is 11.9 Å². The molecule has 140 valence electrons. The molecule has 1 atom stereocenters. The van der Waals surface area contributed by atoms with Crippen molar-refractivity contribution < 1.29 is 23.9 Å². The minimum absolute atomic E-state index is 0.0980. The van der Waals surface area contributed by atoms with E-state index >= 15 is 0 Å². The van der Waals surface area contributed by atoms with Crippen LogP contribution in [0.15, 0.2) is 24.3 Å². The van der Waals surface area contributed by atoms with Gasteiger partial charge < -0.3 is 15.4 Å². The number of amides is 4. The second-order valence-corrected chi connectivity index (χ2v) is 6.75. The number of hydrogen-bond donors (Lipinski definition) is 2. The first-order valence-electron chi connectivity index (χ1n) is 8.31. The molecule has 2 N–H and O–H groups in total. The fourth-order valence-corrected chi connectivity index (χ4v) is 2.41. The Hall–Kier alpha value is -2.90. The summed E-state index contributed by atoms with van der Waals surface area (Å²) in [5, 5.41) is 5.18. The van der Waals surface area contributed by atoms with Crippen LogP contribution in [0.25, 0.3) is 0 Å². The first-order valence-corrected chi connectivity index (χ1v) is 8.31. The van der Waals surface area contributed by atoms with Crippen molar-refractivity contribution in [3.63, 3.8) is 0 Å². The zero-order valence-corrected chi connectivity index (χ0v) is 15.3.